The molecule has 0 saturated carbocycles. The number of aromatic amines is 1. The van der Waals surface area contributed by atoms with E-state index in [4.69, 9.17) is 18.5 Å². The summed E-state index contributed by atoms with van der Waals surface area (Å²) in [6.45, 7) is 4.05. The standard InChI is InChI=1S/C24H30F3N2O9P/c1-13(2)35-21(32)14(3)11-39(34,38-16-8-6-5-7-9-16)37-15(4)18-19(30)24(27,12-25)22(36-18)29-10-17(26)20(31)28-23(29)33/h5-10,13-15,18-19,22,30H,11-12H2,1-4H3,(H,28,31,33)/t14-,15+,18-,19+,22-,24?,39-/m1/s1. The lowest BCUT2D eigenvalue weighted by Gasteiger charge is -2.29. The summed E-state index contributed by atoms with van der Waals surface area (Å²) in [6, 6.07) is 7.80. The molecule has 2 aromatic rings. The number of nitrogens with one attached hydrogen (secondary N) is 1. The van der Waals surface area contributed by atoms with Gasteiger partial charge in [-0.2, -0.15) is 4.39 Å². The summed E-state index contributed by atoms with van der Waals surface area (Å²) in [5.74, 6) is -3.04. The lowest BCUT2D eigenvalue weighted by Crippen LogP contribution is -2.48. The first kappa shape index (κ1) is 30.6. The minimum absolute atomic E-state index is 0.113. The zero-order valence-corrected chi connectivity index (χ0v) is 22.5. The lowest BCUT2D eigenvalue weighted by atomic mass is 9.95. The van der Waals surface area contributed by atoms with Gasteiger partial charge in [0.25, 0.3) is 5.56 Å². The van der Waals surface area contributed by atoms with Crippen LogP contribution in [-0.4, -0.2) is 63.5 Å². The number of para-hydroxylation sites is 1. The Kier molecular flexibility index (Phi) is 9.47. The van der Waals surface area contributed by atoms with Crippen LogP contribution in [-0.2, 0) is 23.4 Å². The van der Waals surface area contributed by atoms with Crippen LogP contribution in [0.15, 0.2) is 46.1 Å². The molecular weight excluding hydrogens is 548 g/mol. The van der Waals surface area contributed by atoms with Gasteiger partial charge in [0.1, 0.15) is 24.6 Å². The molecule has 0 aliphatic carbocycles. The van der Waals surface area contributed by atoms with Gasteiger partial charge >= 0.3 is 19.3 Å². The third-order valence-electron chi connectivity index (χ3n) is 5.91. The molecule has 1 fully saturated rings. The second kappa shape index (κ2) is 12.1. The molecule has 3 rings (SSSR count). The average molecular weight is 578 g/mol. The summed E-state index contributed by atoms with van der Waals surface area (Å²) in [5.41, 5.74) is -5.99. The highest BCUT2D eigenvalue weighted by Gasteiger charge is 2.61. The zero-order chi connectivity index (χ0) is 29.1. The van der Waals surface area contributed by atoms with Crippen molar-refractivity contribution < 1.29 is 46.2 Å². The summed E-state index contributed by atoms with van der Waals surface area (Å²) >= 11 is 0. The molecule has 0 bridgehead atoms. The van der Waals surface area contributed by atoms with Crippen LogP contribution < -0.4 is 15.8 Å². The lowest BCUT2D eigenvalue weighted by molar-refractivity contribution is -0.151. The van der Waals surface area contributed by atoms with E-state index in [0.29, 0.717) is 6.20 Å². The number of rotatable bonds is 11. The molecule has 1 aromatic carbocycles. The zero-order valence-electron chi connectivity index (χ0n) is 21.6. The fourth-order valence-corrected chi connectivity index (χ4v) is 6.11. The van der Waals surface area contributed by atoms with Crippen molar-refractivity contribution in [1.82, 2.24) is 9.55 Å². The third kappa shape index (κ3) is 6.81. The number of nitrogens with zero attached hydrogens (tertiary/aromatic N) is 1. The predicted molar refractivity (Wildman–Crippen MR) is 131 cm³/mol. The molecule has 1 aliphatic rings. The van der Waals surface area contributed by atoms with E-state index in [1.165, 1.54) is 26.0 Å². The average Bonchev–Trinajstić information content (AvgIpc) is 3.12. The van der Waals surface area contributed by atoms with Crippen LogP contribution >= 0.6 is 7.60 Å². The highest BCUT2D eigenvalue weighted by atomic mass is 31.2. The summed E-state index contributed by atoms with van der Waals surface area (Å²) in [5, 5.41) is 10.7. The van der Waals surface area contributed by atoms with E-state index < -0.39 is 85.7 Å². The van der Waals surface area contributed by atoms with Gasteiger partial charge in [-0.05, 0) is 32.9 Å². The van der Waals surface area contributed by atoms with Gasteiger partial charge in [-0.25, -0.2) is 18.1 Å². The highest BCUT2D eigenvalue weighted by Crippen LogP contribution is 2.53. The Balaban J connectivity index is 1.91. The molecule has 7 atom stereocenters. The molecular formula is C24H30F3N2O9P. The number of hydrogen-bond donors (Lipinski definition) is 2. The molecule has 1 aliphatic heterocycles. The summed E-state index contributed by atoms with van der Waals surface area (Å²) in [6.07, 6.45) is -8.35. The van der Waals surface area contributed by atoms with Gasteiger partial charge in [0.15, 0.2) is 6.23 Å². The normalized spacial score (nSPS) is 26.1. The highest BCUT2D eigenvalue weighted by molar-refractivity contribution is 7.54. The quantitative estimate of drug-likeness (QED) is 0.304. The van der Waals surface area contributed by atoms with E-state index >= 15 is 4.39 Å². The topological polar surface area (TPSA) is 146 Å². The van der Waals surface area contributed by atoms with Crippen LogP contribution in [0.25, 0.3) is 0 Å². The molecule has 0 spiro atoms. The van der Waals surface area contributed by atoms with Crippen molar-refractivity contribution in [3.63, 3.8) is 0 Å². The van der Waals surface area contributed by atoms with Crippen molar-refractivity contribution in [2.45, 2.75) is 64.0 Å². The first-order chi connectivity index (χ1) is 18.2. The van der Waals surface area contributed by atoms with Crippen LogP contribution in [0, 0.1) is 11.7 Å². The molecule has 11 nitrogen and oxygen atoms in total. The van der Waals surface area contributed by atoms with Crippen molar-refractivity contribution in [3.05, 3.63) is 63.2 Å². The number of carbonyl (C=O) groups is 1. The maximum atomic E-state index is 15.7. The van der Waals surface area contributed by atoms with Gasteiger partial charge in [-0.1, -0.05) is 25.1 Å². The van der Waals surface area contributed by atoms with Crippen molar-refractivity contribution >= 4 is 13.6 Å². The van der Waals surface area contributed by atoms with Crippen LogP contribution in [0.4, 0.5) is 13.2 Å². The van der Waals surface area contributed by atoms with Gasteiger partial charge in [0, 0.05) is 0 Å². The van der Waals surface area contributed by atoms with E-state index in [0.717, 1.165) is 0 Å². The fourth-order valence-electron chi connectivity index (χ4n) is 4.02. The number of esters is 1. The molecule has 0 radical (unpaired) electrons. The number of ether oxygens (including phenoxy) is 2. The minimum Gasteiger partial charge on any atom is -0.463 e. The van der Waals surface area contributed by atoms with E-state index in [1.54, 1.807) is 37.0 Å². The van der Waals surface area contributed by atoms with Crippen LogP contribution in [0.2, 0.25) is 0 Å². The van der Waals surface area contributed by atoms with Gasteiger partial charge < -0.3 is 19.1 Å². The molecule has 2 heterocycles. The van der Waals surface area contributed by atoms with Gasteiger partial charge in [0.05, 0.1) is 30.5 Å². The van der Waals surface area contributed by atoms with Gasteiger partial charge in [-0.3, -0.25) is 23.7 Å². The molecule has 1 unspecified atom stereocenters. The Morgan fingerprint density at radius 2 is 1.87 bits per heavy atom. The summed E-state index contributed by atoms with van der Waals surface area (Å²) in [4.78, 5) is 37.6. The largest absolute Gasteiger partial charge is 0.463 e. The number of carbonyl (C=O) groups excluding carboxylic acids is 1. The molecule has 2 N–H and O–H groups in total. The second-order valence-electron chi connectivity index (χ2n) is 9.50. The van der Waals surface area contributed by atoms with Crippen molar-refractivity contribution in [2.75, 3.05) is 12.8 Å². The van der Waals surface area contributed by atoms with Crippen molar-refractivity contribution in [1.29, 1.82) is 0 Å². The molecule has 0 amide bonds. The Morgan fingerprint density at radius 3 is 2.46 bits per heavy atom. The second-order valence-corrected chi connectivity index (χ2v) is 11.5. The Bertz CT molecular complexity index is 1320. The Hall–Kier alpha value is -2.93. The predicted octanol–water partition coefficient (Wildman–Crippen LogP) is 2.88. The number of alkyl halides is 2. The molecule has 39 heavy (non-hydrogen) atoms. The van der Waals surface area contributed by atoms with Crippen LogP contribution in [0.1, 0.15) is 33.9 Å². The Morgan fingerprint density at radius 1 is 1.23 bits per heavy atom. The number of hydrogen-bond acceptors (Lipinski definition) is 9. The van der Waals surface area contributed by atoms with Crippen molar-refractivity contribution in [2.24, 2.45) is 5.92 Å². The maximum Gasteiger partial charge on any atom is 0.380 e. The monoisotopic (exact) mass is 578 g/mol. The van der Waals surface area contributed by atoms with Gasteiger partial charge in [-0.15, -0.1) is 0 Å². The summed E-state index contributed by atoms with van der Waals surface area (Å²) in [7, 11) is -4.28. The molecule has 1 saturated heterocycles. The number of benzene rings is 1. The number of aromatic nitrogens is 2. The number of halogens is 3. The molecule has 216 valence electrons. The number of H-pyrrole nitrogens is 1. The number of aliphatic hydroxyl groups excluding tert-OH is 1. The van der Waals surface area contributed by atoms with Gasteiger partial charge in [0.2, 0.25) is 11.5 Å². The Labute approximate surface area is 221 Å². The molecule has 1 aromatic heterocycles. The third-order valence-corrected chi connectivity index (χ3v) is 8.05. The van der Waals surface area contributed by atoms with E-state index in [-0.39, 0.29) is 10.3 Å². The first-order valence-electron chi connectivity index (χ1n) is 12.0. The maximum absolute atomic E-state index is 15.7. The van der Waals surface area contributed by atoms with E-state index in [2.05, 4.69) is 0 Å². The van der Waals surface area contributed by atoms with E-state index in [1.807, 2.05) is 0 Å². The van der Waals surface area contributed by atoms with Crippen molar-refractivity contribution in [3.8, 4) is 5.75 Å². The van der Waals surface area contributed by atoms with E-state index in [9.17, 15) is 32.8 Å². The van der Waals surface area contributed by atoms with Crippen LogP contribution in [0.3, 0.4) is 0 Å². The number of aliphatic hydroxyl groups is 1. The minimum atomic E-state index is -4.28. The summed E-state index contributed by atoms with van der Waals surface area (Å²) < 4.78 is 79.4. The fraction of sp³-hybridized carbons (Fsp3) is 0.542. The van der Waals surface area contributed by atoms with Crippen LogP contribution in [0.5, 0.6) is 5.75 Å². The smallest absolute Gasteiger partial charge is 0.380 e. The SMILES string of the molecule is CC(C)OC(=O)[C@H](C)C[P@](=O)(Oc1ccccc1)O[C@@H](C)[C@H]1O[C@@H](n2cc(F)c(=O)[nH]c2=O)C(F)(CF)[C@H]1O. The molecule has 15 heteroatoms. The first-order valence-corrected chi connectivity index (χ1v) is 13.8.